The van der Waals surface area contributed by atoms with Crippen LogP contribution in [0, 0.1) is 0 Å². The number of nitrogens with zero attached hydrogens (tertiary/aromatic N) is 1. The van der Waals surface area contributed by atoms with E-state index in [0.29, 0.717) is 0 Å². The first-order valence-electron chi connectivity index (χ1n) is 9.05. The standard InChI is InChI=1S/C16H30NO12/c1-14(2,3)17(26)15(5-19)11(24)9(22)10(23)13(28-15)29-16(6-20)12(25)8(21)7(4-18)27-16/h7-13,18-25H,4-6H2,1-3H3/t7-,8-,9-,10-,11+,12+,13-,15-,16+/m1/s1. The third-order valence-electron chi connectivity index (χ3n) is 5.14. The lowest BCUT2D eigenvalue weighted by molar-refractivity contribution is -0.466. The molecule has 9 atom stereocenters. The lowest BCUT2D eigenvalue weighted by atomic mass is 9.90. The summed E-state index contributed by atoms with van der Waals surface area (Å²) >= 11 is 0. The lowest BCUT2D eigenvalue weighted by Gasteiger charge is -2.53. The van der Waals surface area contributed by atoms with Gasteiger partial charge in [-0.25, -0.2) is 0 Å². The monoisotopic (exact) mass is 428 g/mol. The van der Waals surface area contributed by atoms with E-state index in [1.165, 1.54) is 20.8 Å². The van der Waals surface area contributed by atoms with Crippen LogP contribution >= 0.6 is 0 Å². The van der Waals surface area contributed by atoms with Gasteiger partial charge in [0.05, 0.1) is 13.2 Å². The maximum absolute atomic E-state index is 12.8. The highest BCUT2D eigenvalue weighted by Crippen LogP contribution is 2.40. The molecule has 8 N–H and O–H groups in total. The van der Waals surface area contributed by atoms with Crippen molar-refractivity contribution < 1.29 is 60.3 Å². The van der Waals surface area contributed by atoms with Crippen LogP contribution in [0.15, 0.2) is 0 Å². The van der Waals surface area contributed by atoms with Crippen LogP contribution in [0.5, 0.6) is 0 Å². The SMILES string of the molecule is CC(C)(C)N([O])[C@]1(CO)O[C@H](O[C@]2(CO)O[C@H](CO)[C@@H](O)[C@@H]2O)[C@H](O)[C@@H](O)[C@@H]1O. The number of hydroxylamine groups is 2. The first kappa shape index (κ1) is 24.7. The third kappa shape index (κ3) is 4.04. The molecule has 0 aliphatic carbocycles. The molecule has 13 heteroatoms. The maximum atomic E-state index is 12.8. The van der Waals surface area contributed by atoms with E-state index in [4.69, 9.17) is 14.2 Å². The number of hydrogen-bond acceptors (Lipinski definition) is 12. The number of rotatable bonds is 6. The van der Waals surface area contributed by atoms with Crippen LogP contribution in [0.2, 0.25) is 0 Å². The molecular formula is C16H30NO12. The van der Waals surface area contributed by atoms with Gasteiger partial charge in [-0.05, 0) is 20.8 Å². The second-order valence-electron chi connectivity index (χ2n) is 8.24. The number of ether oxygens (including phenoxy) is 3. The largest absolute Gasteiger partial charge is 0.394 e. The van der Waals surface area contributed by atoms with E-state index in [-0.39, 0.29) is 5.06 Å². The molecule has 13 nitrogen and oxygen atoms in total. The molecule has 171 valence electrons. The number of aliphatic hydroxyl groups excluding tert-OH is 8. The van der Waals surface area contributed by atoms with Crippen molar-refractivity contribution in [2.75, 3.05) is 19.8 Å². The normalized spacial score (nSPS) is 46.4. The Balaban J connectivity index is 2.39. The summed E-state index contributed by atoms with van der Waals surface area (Å²) in [4.78, 5) is 0. The van der Waals surface area contributed by atoms with Crippen LogP contribution in [-0.4, -0.2) is 126 Å². The molecule has 0 spiro atoms. The fraction of sp³-hybridized carbons (Fsp3) is 1.00. The zero-order valence-corrected chi connectivity index (χ0v) is 16.3. The maximum Gasteiger partial charge on any atom is 0.224 e. The van der Waals surface area contributed by atoms with Crippen molar-refractivity contribution in [1.82, 2.24) is 5.06 Å². The molecule has 2 fully saturated rings. The molecule has 2 rings (SSSR count). The predicted molar refractivity (Wildman–Crippen MR) is 89.9 cm³/mol. The van der Waals surface area contributed by atoms with E-state index in [1.807, 2.05) is 0 Å². The summed E-state index contributed by atoms with van der Waals surface area (Å²) in [7, 11) is 0. The second-order valence-corrected chi connectivity index (χ2v) is 8.24. The molecule has 0 aromatic carbocycles. The molecule has 0 unspecified atom stereocenters. The average Bonchev–Trinajstić information content (AvgIpc) is 2.92. The summed E-state index contributed by atoms with van der Waals surface area (Å²) in [5, 5.41) is 92.8. The summed E-state index contributed by atoms with van der Waals surface area (Å²) in [6.45, 7) is 1.42. The number of hydrogen-bond donors (Lipinski definition) is 8. The molecule has 2 aliphatic heterocycles. The Kier molecular flexibility index (Phi) is 7.29. The molecule has 0 amide bonds. The minimum absolute atomic E-state index is 0.194. The van der Waals surface area contributed by atoms with Gasteiger partial charge in [0.1, 0.15) is 43.2 Å². The molecule has 2 saturated heterocycles. The van der Waals surface area contributed by atoms with Crippen molar-refractivity contribution in [3.8, 4) is 0 Å². The Morgan fingerprint density at radius 2 is 1.48 bits per heavy atom. The van der Waals surface area contributed by atoms with Gasteiger partial charge in [-0.2, -0.15) is 0 Å². The summed E-state index contributed by atoms with van der Waals surface area (Å²) in [6, 6.07) is 0. The van der Waals surface area contributed by atoms with Crippen molar-refractivity contribution in [3.05, 3.63) is 0 Å². The molecule has 0 aromatic rings. The van der Waals surface area contributed by atoms with Crippen molar-refractivity contribution in [3.63, 3.8) is 0 Å². The first-order valence-corrected chi connectivity index (χ1v) is 9.05. The van der Waals surface area contributed by atoms with E-state index in [2.05, 4.69) is 0 Å². The van der Waals surface area contributed by atoms with Gasteiger partial charge in [0.15, 0.2) is 6.29 Å². The van der Waals surface area contributed by atoms with Gasteiger partial charge in [-0.1, -0.05) is 0 Å². The second kappa shape index (κ2) is 8.55. The van der Waals surface area contributed by atoms with Crippen molar-refractivity contribution in [2.45, 2.75) is 80.7 Å². The van der Waals surface area contributed by atoms with Crippen LogP contribution in [0.4, 0.5) is 0 Å². The zero-order chi connectivity index (χ0) is 22.4. The van der Waals surface area contributed by atoms with Gasteiger partial charge in [-0.15, -0.1) is 10.3 Å². The van der Waals surface area contributed by atoms with E-state index < -0.39 is 79.8 Å². The molecule has 0 bridgehead atoms. The fourth-order valence-electron chi connectivity index (χ4n) is 3.45. The van der Waals surface area contributed by atoms with Gasteiger partial charge in [0.2, 0.25) is 11.5 Å². The van der Waals surface area contributed by atoms with Gasteiger partial charge < -0.3 is 55.1 Å². The van der Waals surface area contributed by atoms with Gasteiger partial charge in [0.25, 0.3) is 0 Å². The Bertz CT molecular complexity index is 561. The highest BCUT2D eigenvalue weighted by Gasteiger charge is 2.63. The van der Waals surface area contributed by atoms with Gasteiger partial charge >= 0.3 is 0 Å². The smallest absolute Gasteiger partial charge is 0.224 e. The topological polar surface area (TPSA) is 213 Å². The molecule has 0 aromatic heterocycles. The van der Waals surface area contributed by atoms with Crippen LogP contribution in [-0.2, 0) is 19.4 Å². The molecular weight excluding hydrogens is 398 g/mol. The quantitative estimate of drug-likeness (QED) is 0.188. The van der Waals surface area contributed by atoms with Crippen molar-refractivity contribution in [2.24, 2.45) is 0 Å². The summed E-state index contributed by atoms with van der Waals surface area (Å²) < 4.78 is 15.9. The summed E-state index contributed by atoms with van der Waals surface area (Å²) in [6.07, 6.45) is -13.0. The minimum Gasteiger partial charge on any atom is -0.394 e. The van der Waals surface area contributed by atoms with Gasteiger partial charge in [0, 0.05) is 5.54 Å². The van der Waals surface area contributed by atoms with E-state index in [0.717, 1.165) is 0 Å². The Morgan fingerprint density at radius 1 is 0.897 bits per heavy atom. The highest BCUT2D eigenvalue weighted by atomic mass is 16.8. The fourth-order valence-corrected chi connectivity index (χ4v) is 3.45. The Hall–Kier alpha value is -0.520. The van der Waals surface area contributed by atoms with Crippen LogP contribution in [0.1, 0.15) is 20.8 Å². The number of aliphatic hydroxyl groups is 8. The van der Waals surface area contributed by atoms with Crippen molar-refractivity contribution in [1.29, 1.82) is 0 Å². The minimum atomic E-state index is -2.48. The first-order chi connectivity index (χ1) is 13.3. The predicted octanol–water partition coefficient (Wildman–Crippen LogP) is -4.62. The molecule has 29 heavy (non-hydrogen) atoms. The summed E-state index contributed by atoms with van der Waals surface area (Å²) in [5.41, 5.74) is -3.71. The lowest BCUT2D eigenvalue weighted by Crippen LogP contribution is -2.75. The van der Waals surface area contributed by atoms with Crippen LogP contribution in [0.3, 0.4) is 0 Å². The average molecular weight is 428 g/mol. The third-order valence-corrected chi connectivity index (χ3v) is 5.14. The van der Waals surface area contributed by atoms with Crippen molar-refractivity contribution >= 4 is 0 Å². The van der Waals surface area contributed by atoms with E-state index in [9.17, 15) is 46.1 Å². The molecule has 1 radical (unpaired) electrons. The van der Waals surface area contributed by atoms with Crippen LogP contribution in [0.25, 0.3) is 0 Å². The van der Waals surface area contributed by atoms with Gasteiger partial charge in [-0.3, -0.25) is 0 Å². The van der Waals surface area contributed by atoms with E-state index in [1.54, 1.807) is 0 Å². The Labute approximate surface area is 166 Å². The molecule has 2 heterocycles. The Morgan fingerprint density at radius 3 is 1.90 bits per heavy atom. The zero-order valence-electron chi connectivity index (χ0n) is 16.3. The van der Waals surface area contributed by atoms with Crippen LogP contribution < -0.4 is 0 Å². The highest BCUT2D eigenvalue weighted by molar-refractivity contribution is 5.02. The molecule has 0 saturated carbocycles. The molecule has 2 aliphatic rings. The summed E-state index contributed by atoms with van der Waals surface area (Å²) in [5.74, 6) is -2.39. The van der Waals surface area contributed by atoms with E-state index >= 15 is 0 Å².